The van der Waals surface area contributed by atoms with Gasteiger partial charge >= 0.3 is 5.69 Å². The molecule has 0 spiro atoms. The summed E-state index contributed by atoms with van der Waals surface area (Å²) in [6, 6.07) is 20.8. The Hall–Kier alpha value is -4.32. The summed E-state index contributed by atoms with van der Waals surface area (Å²) >= 11 is 0. The van der Waals surface area contributed by atoms with Crippen molar-refractivity contribution in [2.75, 3.05) is 7.11 Å². The van der Waals surface area contributed by atoms with Crippen LogP contribution >= 0.6 is 0 Å². The molecule has 1 aromatic heterocycles. The molecule has 0 amide bonds. The third kappa shape index (κ3) is 4.48. The van der Waals surface area contributed by atoms with Crippen molar-refractivity contribution < 1.29 is 14.6 Å². The van der Waals surface area contributed by atoms with Crippen molar-refractivity contribution in [2.45, 2.75) is 0 Å². The van der Waals surface area contributed by atoms with E-state index in [-0.39, 0.29) is 17.2 Å². The van der Waals surface area contributed by atoms with E-state index in [2.05, 4.69) is 4.98 Å². The molecule has 0 atom stereocenters. The minimum atomic E-state index is -0.318. The maximum atomic E-state index is 12.6. The van der Waals surface area contributed by atoms with Gasteiger partial charge in [0.05, 0.1) is 18.5 Å². The van der Waals surface area contributed by atoms with Crippen LogP contribution in [0.5, 0.6) is 11.5 Å². The Morgan fingerprint density at radius 3 is 2.48 bits per heavy atom. The van der Waals surface area contributed by atoms with Crippen molar-refractivity contribution in [1.29, 1.82) is 0 Å². The quantitative estimate of drug-likeness (QED) is 0.362. The fourth-order valence-electron chi connectivity index (χ4n) is 3.17. The summed E-state index contributed by atoms with van der Waals surface area (Å²) in [5, 5.41) is 9.44. The Kier molecular flexibility index (Phi) is 5.53. The molecular formula is C25H20N2O4. The first-order chi connectivity index (χ1) is 15.0. The number of methoxy groups -OCH3 is 1. The molecule has 0 unspecified atom stereocenters. The highest BCUT2D eigenvalue weighted by atomic mass is 16.5. The topological polar surface area (TPSA) is 84.3 Å². The maximum Gasteiger partial charge on any atom is 0.330 e. The van der Waals surface area contributed by atoms with E-state index in [1.54, 1.807) is 67.9 Å². The highest BCUT2D eigenvalue weighted by molar-refractivity contribution is 6.07. The molecule has 4 aromatic rings. The number of hydrogen-bond donors (Lipinski definition) is 2. The summed E-state index contributed by atoms with van der Waals surface area (Å²) in [6.07, 6.45) is 4.91. The first kappa shape index (κ1) is 20.0. The van der Waals surface area contributed by atoms with Crippen molar-refractivity contribution in [1.82, 2.24) is 9.55 Å². The highest BCUT2D eigenvalue weighted by Crippen LogP contribution is 2.20. The first-order valence-electron chi connectivity index (χ1n) is 9.61. The Bertz CT molecular complexity index is 1300. The van der Waals surface area contributed by atoms with E-state index in [0.29, 0.717) is 16.9 Å². The third-order valence-corrected chi connectivity index (χ3v) is 4.85. The standard InChI is InChI=1S/C25H20N2O4/c1-31-22-12-5-17(6-13-22)7-14-24(29)19-3-2-4-20(15-19)27-16-23(26-25(27)30)18-8-10-21(28)11-9-18/h2-16,28H,1H3,(H,26,30). The Morgan fingerprint density at radius 1 is 1.03 bits per heavy atom. The number of carbonyl (C=O) groups excluding carboxylic acids is 1. The second-order valence-electron chi connectivity index (χ2n) is 6.91. The van der Waals surface area contributed by atoms with Crippen LogP contribution in [0.3, 0.4) is 0 Å². The van der Waals surface area contributed by atoms with E-state index in [9.17, 15) is 14.7 Å². The molecule has 154 valence electrons. The lowest BCUT2D eigenvalue weighted by molar-refractivity contribution is 0.104. The minimum Gasteiger partial charge on any atom is -0.508 e. The van der Waals surface area contributed by atoms with Crippen LogP contribution in [0.2, 0.25) is 0 Å². The van der Waals surface area contributed by atoms with Crippen LogP contribution in [0.25, 0.3) is 23.0 Å². The van der Waals surface area contributed by atoms with Crippen molar-refractivity contribution in [3.05, 3.63) is 107 Å². The Morgan fingerprint density at radius 2 is 1.77 bits per heavy atom. The smallest absolute Gasteiger partial charge is 0.330 e. The van der Waals surface area contributed by atoms with Gasteiger partial charge in [0, 0.05) is 11.8 Å². The van der Waals surface area contributed by atoms with Gasteiger partial charge in [-0.3, -0.25) is 9.36 Å². The van der Waals surface area contributed by atoms with Crippen LogP contribution in [0, 0.1) is 0 Å². The number of aromatic nitrogens is 2. The monoisotopic (exact) mass is 412 g/mol. The number of phenols is 1. The summed E-state index contributed by atoms with van der Waals surface area (Å²) in [4.78, 5) is 27.9. The Balaban J connectivity index is 1.58. The molecule has 4 rings (SSSR count). The molecule has 0 fully saturated rings. The van der Waals surface area contributed by atoms with Crippen LogP contribution in [-0.2, 0) is 0 Å². The number of ether oxygens (including phenoxy) is 1. The van der Waals surface area contributed by atoms with Gasteiger partial charge in [-0.2, -0.15) is 0 Å². The average molecular weight is 412 g/mol. The predicted molar refractivity (Wildman–Crippen MR) is 120 cm³/mol. The number of benzene rings is 3. The van der Waals surface area contributed by atoms with Crippen molar-refractivity contribution >= 4 is 11.9 Å². The minimum absolute atomic E-state index is 0.152. The SMILES string of the molecule is COc1ccc(C=CC(=O)c2cccc(-n3cc(-c4ccc(O)cc4)[nH]c3=O)c2)cc1. The summed E-state index contributed by atoms with van der Waals surface area (Å²) in [6.45, 7) is 0. The molecule has 0 saturated carbocycles. The van der Waals surface area contributed by atoms with E-state index in [1.165, 1.54) is 10.6 Å². The van der Waals surface area contributed by atoms with Crippen LogP contribution in [0.1, 0.15) is 15.9 Å². The number of carbonyl (C=O) groups is 1. The molecule has 6 heteroatoms. The lowest BCUT2D eigenvalue weighted by Crippen LogP contribution is -2.14. The summed E-state index contributed by atoms with van der Waals surface area (Å²) in [7, 11) is 1.60. The fourth-order valence-corrected chi connectivity index (χ4v) is 3.17. The van der Waals surface area contributed by atoms with Gasteiger partial charge in [-0.1, -0.05) is 30.3 Å². The Labute approximate surface area is 178 Å². The molecule has 0 radical (unpaired) electrons. The van der Waals surface area contributed by atoms with Gasteiger partial charge in [0.15, 0.2) is 5.78 Å². The number of imidazole rings is 1. The number of aromatic amines is 1. The number of hydrogen-bond acceptors (Lipinski definition) is 4. The number of allylic oxidation sites excluding steroid dienone is 1. The molecule has 0 saturated heterocycles. The number of nitrogens with one attached hydrogen (secondary N) is 1. The predicted octanol–water partition coefficient (Wildman–Crippen LogP) is 4.44. The van der Waals surface area contributed by atoms with E-state index in [4.69, 9.17) is 4.74 Å². The van der Waals surface area contributed by atoms with Crippen molar-refractivity contribution in [2.24, 2.45) is 0 Å². The van der Waals surface area contributed by atoms with Gasteiger partial charge < -0.3 is 14.8 Å². The number of nitrogens with zero attached hydrogens (tertiary/aromatic N) is 1. The number of ketones is 1. The lowest BCUT2D eigenvalue weighted by Gasteiger charge is -2.03. The van der Waals surface area contributed by atoms with Gasteiger partial charge in [0.2, 0.25) is 0 Å². The van der Waals surface area contributed by atoms with Crippen LogP contribution < -0.4 is 10.4 Å². The van der Waals surface area contributed by atoms with Crippen molar-refractivity contribution in [3.8, 4) is 28.4 Å². The summed E-state index contributed by atoms with van der Waals surface area (Å²) in [5.41, 5.74) is 2.99. The second-order valence-corrected chi connectivity index (χ2v) is 6.91. The van der Waals surface area contributed by atoms with Crippen LogP contribution in [0.15, 0.2) is 89.9 Å². The second kappa shape index (κ2) is 8.59. The molecule has 3 aromatic carbocycles. The number of H-pyrrole nitrogens is 1. The van der Waals surface area contributed by atoms with Crippen molar-refractivity contribution in [3.63, 3.8) is 0 Å². The highest BCUT2D eigenvalue weighted by Gasteiger charge is 2.09. The largest absolute Gasteiger partial charge is 0.508 e. The summed E-state index contributed by atoms with van der Waals surface area (Å²) < 4.78 is 6.58. The van der Waals surface area contributed by atoms with Gasteiger partial charge in [-0.15, -0.1) is 0 Å². The summed E-state index contributed by atoms with van der Waals surface area (Å²) in [5.74, 6) is 0.735. The number of aromatic hydroxyl groups is 1. The lowest BCUT2D eigenvalue weighted by atomic mass is 10.1. The zero-order chi connectivity index (χ0) is 21.8. The molecule has 1 heterocycles. The third-order valence-electron chi connectivity index (χ3n) is 4.85. The number of rotatable bonds is 6. The molecule has 0 aliphatic rings. The molecule has 2 N–H and O–H groups in total. The van der Waals surface area contributed by atoms with Gasteiger partial charge in [0.25, 0.3) is 0 Å². The average Bonchev–Trinajstić information content (AvgIpc) is 3.20. The van der Waals surface area contributed by atoms with Crippen LogP contribution in [-0.4, -0.2) is 27.6 Å². The molecule has 6 nitrogen and oxygen atoms in total. The van der Waals surface area contributed by atoms with Gasteiger partial charge in [-0.05, 0) is 65.7 Å². The van der Waals surface area contributed by atoms with Gasteiger partial charge in [0.1, 0.15) is 11.5 Å². The number of phenolic OH excluding ortho intramolecular Hbond substituents is 1. The zero-order valence-electron chi connectivity index (χ0n) is 16.8. The van der Waals surface area contributed by atoms with E-state index < -0.39 is 0 Å². The zero-order valence-corrected chi connectivity index (χ0v) is 16.8. The first-order valence-corrected chi connectivity index (χ1v) is 9.61. The molecule has 0 bridgehead atoms. The molecule has 31 heavy (non-hydrogen) atoms. The van der Waals surface area contributed by atoms with E-state index in [0.717, 1.165) is 16.9 Å². The normalized spacial score (nSPS) is 11.0. The van der Waals surface area contributed by atoms with Crippen LogP contribution in [0.4, 0.5) is 0 Å². The molecule has 0 aliphatic heterocycles. The molecule has 0 aliphatic carbocycles. The molecular weight excluding hydrogens is 392 g/mol. The van der Waals surface area contributed by atoms with E-state index in [1.807, 2.05) is 24.3 Å². The van der Waals surface area contributed by atoms with Gasteiger partial charge in [-0.25, -0.2) is 4.79 Å². The maximum absolute atomic E-state index is 12.6. The van der Waals surface area contributed by atoms with E-state index >= 15 is 0 Å². The fraction of sp³-hybridized carbons (Fsp3) is 0.0400.